The van der Waals surface area contributed by atoms with Gasteiger partial charge in [0.2, 0.25) is 0 Å². The van der Waals surface area contributed by atoms with Crippen LogP contribution in [-0.2, 0) is 0 Å². The highest BCUT2D eigenvalue weighted by molar-refractivity contribution is 14.1. The van der Waals surface area contributed by atoms with Crippen LogP contribution in [0.4, 0.5) is 5.82 Å². The maximum atomic E-state index is 4.43. The first-order chi connectivity index (χ1) is 9.34. The zero-order valence-corrected chi connectivity index (χ0v) is 13.4. The fourth-order valence-electron chi connectivity index (χ4n) is 3.27. The van der Waals surface area contributed by atoms with Crippen LogP contribution in [0.15, 0.2) is 12.5 Å². The molecule has 5 heteroatoms. The minimum Gasteiger partial charge on any atom is -0.356 e. The summed E-state index contributed by atoms with van der Waals surface area (Å²) < 4.78 is 1.16. The largest absolute Gasteiger partial charge is 0.356 e. The number of hydrogen-bond acceptors (Lipinski definition) is 4. The number of likely N-dealkylation sites (tertiary alicyclic amines) is 1. The molecule has 2 aliphatic rings. The van der Waals surface area contributed by atoms with E-state index >= 15 is 0 Å². The molecule has 2 fully saturated rings. The van der Waals surface area contributed by atoms with Crippen LogP contribution < -0.4 is 4.90 Å². The van der Waals surface area contributed by atoms with E-state index in [2.05, 4.69) is 42.4 Å². The van der Waals surface area contributed by atoms with Crippen LogP contribution in [-0.4, -0.2) is 47.1 Å². The molecule has 0 amide bonds. The average Bonchev–Trinajstić information content (AvgIpc) is 2.49. The number of hydrogen-bond donors (Lipinski definition) is 0. The predicted molar refractivity (Wildman–Crippen MR) is 85.4 cm³/mol. The molecule has 4 nitrogen and oxygen atoms in total. The fourth-order valence-corrected chi connectivity index (χ4v) is 3.91. The van der Waals surface area contributed by atoms with E-state index in [9.17, 15) is 0 Å². The van der Waals surface area contributed by atoms with Gasteiger partial charge in [0.25, 0.3) is 0 Å². The van der Waals surface area contributed by atoms with Gasteiger partial charge in [0.1, 0.15) is 12.1 Å². The van der Waals surface area contributed by atoms with E-state index in [0.29, 0.717) is 0 Å². The van der Waals surface area contributed by atoms with Crippen molar-refractivity contribution in [2.75, 3.05) is 31.1 Å². The van der Waals surface area contributed by atoms with Crippen LogP contribution in [0.25, 0.3) is 0 Å². The summed E-state index contributed by atoms with van der Waals surface area (Å²) in [5.41, 5.74) is 0. The SMILES string of the molecule is Ic1cncnc1N1CCC(N2CCCCC2)CC1. The van der Waals surface area contributed by atoms with Crippen LogP contribution in [0.5, 0.6) is 0 Å². The molecule has 0 aromatic carbocycles. The molecule has 1 aromatic heterocycles. The number of nitrogens with zero attached hydrogens (tertiary/aromatic N) is 4. The number of rotatable bonds is 2. The topological polar surface area (TPSA) is 32.3 Å². The first kappa shape index (κ1) is 13.5. The van der Waals surface area contributed by atoms with Crippen molar-refractivity contribution in [1.29, 1.82) is 0 Å². The summed E-state index contributed by atoms with van der Waals surface area (Å²) in [4.78, 5) is 13.6. The van der Waals surface area contributed by atoms with E-state index in [1.165, 1.54) is 45.2 Å². The first-order valence-corrected chi connectivity index (χ1v) is 8.37. The lowest BCUT2D eigenvalue weighted by molar-refractivity contribution is 0.141. The predicted octanol–water partition coefficient (Wildman–Crippen LogP) is 2.54. The van der Waals surface area contributed by atoms with Gasteiger partial charge in [0.15, 0.2) is 0 Å². The van der Waals surface area contributed by atoms with Crippen molar-refractivity contribution >= 4 is 28.4 Å². The van der Waals surface area contributed by atoms with Gasteiger partial charge < -0.3 is 9.80 Å². The van der Waals surface area contributed by atoms with Crippen LogP contribution in [0, 0.1) is 3.57 Å². The lowest BCUT2D eigenvalue weighted by Gasteiger charge is -2.40. The minimum absolute atomic E-state index is 0.802. The highest BCUT2D eigenvalue weighted by atomic mass is 127. The monoisotopic (exact) mass is 372 g/mol. The van der Waals surface area contributed by atoms with Crippen LogP contribution in [0.2, 0.25) is 0 Å². The molecule has 0 bridgehead atoms. The molecular formula is C14H21IN4. The Morgan fingerprint density at radius 3 is 2.47 bits per heavy atom. The van der Waals surface area contributed by atoms with Crippen LogP contribution >= 0.6 is 22.6 Å². The molecule has 2 aliphatic heterocycles. The molecule has 0 saturated carbocycles. The molecule has 0 atom stereocenters. The third-order valence-electron chi connectivity index (χ3n) is 4.32. The summed E-state index contributed by atoms with van der Waals surface area (Å²) >= 11 is 2.33. The molecule has 0 unspecified atom stereocenters. The van der Waals surface area contributed by atoms with E-state index in [0.717, 1.165) is 28.5 Å². The Morgan fingerprint density at radius 2 is 1.79 bits per heavy atom. The summed E-state index contributed by atoms with van der Waals surface area (Å²) in [6, 6.07) is 0.802. The smallest absolute Gasteiger partial charge is 0.145 e. The van der Waals surface area contributed by atoms with Gasteiger partial charge in [-0.15, -0.1) is 0 Å². The second-order valence-corrected chi connectivity index (χ2v) is 6.67. The molecule has 2 saturated heterocycles. The Kier molecular flexibility index (Phi) is 4.53. The summed E-state index contributed by atoms with van der Waals surface area (Å²) in [7, 11) is 0. The van der Waals surface area contributed by atoms with Crippen molar-refractivity contribution in [2.45, 2.75) is 38.1 Å². The van der Waals surface area contributed by atoms with Crippen molar-refractivity contribution in [3.8, 4) is 0 Å². The van der Waals surface area contributed by atoms with Crippen LogP contribution in [0.3, 0.4) is 0 Å². The highest BCUT2D eigenvalue weighted by Crippen LogP contribution is 2.25. The molecule has 0 aliphatic carbocycles. The van der Waals surface area contributed by atoms with Gasteiger partial charge in [-0.3, -0.25) is 0 Å². The number of anilines is 1. The molecular weight excluding hydrogens is 351 g/mol. The van der Waals surface area contributed by atoms with E-state index in [-0.39, 0.29) is 0 Å². The maximum absolute atomic E-state index is 4.43. The van der Waals surface area contributed by atoms with Crippen molar-refractivity contribution in [2.24, 2.45) is 0 Å². The third kappa shape index (κ3) is 3.18. The Morgan fingerprint density at radius 1 is 1.05 bits per heavy atom. The quantitative estimate of drug-likeness (QED) is 0.747. The van der Waals surface area contributed by atoms with E-state index in [4.69, 9.17) is 0 Å². The van der Waals surface area contributed by atoms with E-state index < -0.39 is 0 Å². The van der Waals surface area contributed by atoms with E-state index in [1.54, 1.807) is 6.33 Å². The van der Waals surface area contributed by atoms with Crippen molar-refractivity contribution < 1.29 is 0 Å². The summed E-state index contributed by atoms with van der Waals surface area (Å²) in [5.74, 6) is 1.12. The van der Waals surface area contributed by atoms with Gasteiger partial charge >= 0.3 is 0 Å². The molecule has 1 aromatic rings. The zero-order chi connectivity index (χ0) is 13.1. The lowest BCUT2D eigenvalue weighted by atomic mass is 10.00. The van der Waals surface area contributed by atoms with E-state index in [1.807, 2.05) is 6.20 Å². The van der Waals surface area contributed by atoms with Crippen molar-refractivity contribution in [3.05, 3.63) is 16.1 Å². The van der Waals surface area contributed by atoms with Crippen molar-refractivity contribution in [3.63, 3.8) is 0 Å². The van der Waals surface area contributed by atoms with Gasteiger partial charge in [-0.2, -0.15) is 0 Å². The first-order valence-electron chi connectivity index (χ1n) is 7.29. The zero-order valence-electron chi connectivity index (χ0n) is 11.3. The number of aromatic nitrogens is 2. The second-order valence-electron chi connectivity index (χ2n) is 5.51. The Balaban J connectivity index is 1.58. The molecule has 3 heterocycles. The number of halogens is 1. The Bertz CT molecular complexity index is 412. The van der Waals surface area contributed by atoms with Gasteiger partial charge in [-0.25, -0.2) is 9.97 Å². The lowest BCUT2D eigenvalue weighted by Crippen LogP contribution is -2.47. The fraction of sp³-hybridized carbons (Fsp3) is 0.714. The molecule has 104 valence electrons. The molecule has 0 spiro atoms. The summed E-state index contributed by atoms with van der Waals surface area (Å²) in [5, 5.41) is 0. The number of piperidine rings is 2. The van der Waals surface area contributed by atoms with Gasteiger partial charge in [-0.05, 0) is 61.4 Å². The standard InChI is InChI=1S/C14H21IN4/c15-13-10-16-11-17-14(13)19-8-4-12(5-9-19)18-6-2-1-3-7-18/h10-12H,1-9H2. The molecule has 0 radical (unpaired) electrons. The summed E-state index contributed by atoms with van der Waals surface area (Å²) in [6.45, 7) is 4.90. The normalized spacial score (nSPS) is 22.7. The van der Waals surface area contributed by atoms with Crippen LogP contribution in [0.1, 0.15) is 32.1 Å². The Hall–Kier alpha value is -0.430. The van der Waals surface area contributed by atoms with Gasteiger partial charge in [0, 0.05) is 25.3 Å². The molecule has 0 N–H and O–H groups in total. The van der Waals surface area contributed by atoms with Gasteiger partial charge in [0.05, 0.1) is 3.57 Å². The second kappa shape index (κ2) is 6.35. The minimum atomic E-state index is 0.802. The average molecular weight is 372 g/mol. The van der Waals surface area contributed by atoms with Crippen molar-refractivity contribution in [1.82, 2.24) is 14.9 Å². The third-order valence-corrected chi connectivity index (χ3v) is 5.08. The molecule has 19 heavy (non-hydrogen) atoms. The maximum Gasteiger partial charge on any atom is 0.145 e. The van der Waals surface area contributed by atoms with Gasteiger partial charge in [-0.1, -0.05) is 6.42 Å². The summed E-state index contributed by atoms with van der Waals surface area (Å²) in [6.07, 6.45) is 10.3. The highest BCUT2D eigenvalue weighted by Gasteiger charge is 2.26. The molecule has 3 rings (SSSR count). The Labute approximate surface area is 128 Å².